The number of amides is 5. The first kappa shape index (κ1) is 40.8. The molecule has 0 radical (unpaired) electrons. The third-order valence-corrected chi connectivity index (χ3v) is 14.2. The van der Waals surface area contributed by atoms with Crippen molar-refractivity contribution >= 4 is 52.6 Å². The zero-order chi connectivity index (χ0) is 42.5. The van der Waals surface area contributed by atoms with Gasteiger partial charge in [0.2, 0.25) is 11.8 Å². The smallest absolute Gasteiger partial charge is 0.272 e. The fourth-order valence-corrected chi connectivity index (χ4v) is 10.3. The Morgan fingerprint density at radius 1 is 0.885 bits per heavy atom. The second kappa shape index (κ2) is 16.4. The third kappa shape index (κ3) is 8.27. The van der Waals surface area contributed by atoms with Gasteiger partial charge in [0.1, 0.15) is 17.9 Å². The molecule has 1 aliphatic carbocycles. The molecule has 2 aromatic carbocycles. The van der Waals surface area contributed by atoms with Crippen molar-refractivity contribution < 1.29 is 28.7 Å². The molecule has 3 aromatic rings. The van der Waals surface area contributed by atoms with Crippen molar-refractivity contribution in [3.63, 3.8) is 0 Å². The van der Waals surface area contributed by atoms with E-state index in [9.17, 15) is 24.0 Å². The van der Waals surface area contributed by atoms with Crippen molar-refractivity contribution in [2.75, 3.05) is 55.6 Å². The minimum atomic E-state index is -0.968. The number of fused-ring (bicyclic) bond motifs is 1. The van der Waals surface area contributed by atoms with Gasteiger partial charge in [0.15, 0.2) is 11.5 Å². The van der Waals surface area contributed by atoms with Gasteiger partial charge >= 0.3 is 0 Å². The van der Waals surface area contributed by atoms with Crippen molar-refractivity contribution in [1.82, 2.24) is 30.6 Å². The average molecular weight is 848 g/mol. The predicted octanol–water partition coefficient (Wildman–Crippen LogP) is 4.73. The van der Waals surface area contributed by atoms with Crippen molar-refractivity contribution in [2.45, 2.75) is 89.3 Å². The van der Waals surface area contributed by atoms with E-state index < -0.39 is 23.8 Å². The number of ether oxygens (including phenoxy) is 1. The molecule has 318 valence electrons. The summed E-state index contributed by atoms with van der Waals surface area (Å²) in [4.78, 5) is 71.9. The van der Waals surface area contributed by atoms with Crippen LogP contribution < -0.4 is 25.2 Å². The number of nitrogens with one attached hydrogen (secondary N) is 2. The number of nitriles is 1. The Balaban J connectivity index is 0.697. The van der Waals surface area contributed by atoms with Crippen LogP contribution in [0.4, 0.5) is 11.5 Å². The first-order valence-electron chi connectivity index (χ1n) is 21.5. The monoisotopic (exact) mass is 847 g/mol. The molecule has 1 unspecified atom stereocenters. The van der Waals surface area contributed by atoms with E-state index in [1.165, 1.54) is 0 Å². The summed E-state index contributed by atoms with van der Waals surface area (Å²) in [6.45, 7) is 9.10. The molecule has 16 heteroatoms. The van der Waals surface area contributed by atoms with Gasteiger partial charge in [0.05, 0.1) is 27.8 Å². The zero-order valence-electron chi connectivity index (χ0n) is 34.3. The van der Waals surface area contributed by atoms with Crippen molar-refractivity contribution in [2.24, 2.45) is 10.8 Å². The summed E-state index contributed by atoms with van der Waals surface area (Å²) >= 11 is 6.16. The maximum atomic E-state index is 13.4. The van der Waals surface area contributed by atoms with E-state index in [-0.39, 0.29) is 47.6 Å². The van der Waals surface area contributed by atoms with Crippen LogP contribution in [0.5, 0.6) is 5.75 Å². The summed E-state index contributed by atoms with van der Waals surface area (Å²) in [5, 5.41) is 23.6. The van der Waals surface area contributed by atoms with Gasteiger partial charge in [-0.3, -0.25) is 34.2 Å². The van der Waals surface area contributed by atoms with Gasteiger partial charge < -0.3 is 24.8 Å². The number of hydrogen-bond acceptors (Lipinski definition) is 12. The number of hydrogen-bond donors (Lipinski definition) is 2. The van der Waals surface area contributed by atoms with Crippen LogP contribution >= 0.6 is 11.6 Å². The van der Waals surface area contributed by atoms with Crippen LogP contribution in [0, 0.1) is 22.2 Å². The molecule has 6 aliphatic rings. The molecule has 2 N–H and O–H groups in total. The Kier molecular flexibility index (Phi) is 10.9. The highest BCUT2D eigenvalue weighted by atomic mass is 35.5. The van der Waals surface area contributed by atoms with Crippen LogP contribution in [-0.2, 0) is 9.59 Å². The Labute approximate surface area is 359 Å². The first-order valence-corrected chi connectivity index (χ1v) is 21.8. The molecule has 1 spiro atoms. The number of likely N-dealkylation sites (tertiary alicyclic amines) is 1. The van der Waals surface area contributed by atoms with Crippen molar-refractivity contribution in [3.8, 4) is 11.8 Å². The SMILES string of the molecule is CC1(CN2CCC3(CC2)CN(c2ccc4c(c2)C(=O)N(C2CCC(=O)NC2=O)C4=O)C3)CCN(c2ccc(C(=O)NC3CCC(Oc4ccc(C#N)c(Cl)c4)CC3)nn2)CC1. The number of anilines is 2. The summed E-state index contributed by atoms with van der Waals surface area (Å²) in [6.07, 6.45) is 7.72. The van der Waals surface area contributed by atoms with Gasteiger partial charge in [-0.1, -0.05) is 18.5 Å². The molecular weight excluding hydrogens is 798 g/mol. The second-order valence-corrected chi connectivity index (χ2v) is 18.6. The first-order chi connectivity index (χ1) is 29.4. The number of piperidine rings is 3. The van der Waals surface area contributed by atoms with Crippen LogP contribution in [0.1, 0.15) is 108 Å². The van der Waals surface area contributed by atoms with E-state index in [2.05, 4.69) is 48.5 Å². The van der Waals surface area contributed by atoms with Gasteiger partial charge in [0.25, 0.3) is 17.7 Å². The van der Waals surface area contributed by atoms with Gasteiger partial charge in [-0.15, -0.1) is 10.2 Å². The van der Waals surface area contributed by atoms with Gasteiger partial charge in [-0.2, -0.15) is 5.26 Å². The van der Waals surface area contributed by atoms with Crippen LogP contribution in [0.3, 0.4) is 0 Å². The maximum Gasteiger partial charge on any atom is 0.272 e. The zero-order valence-corrected chi connectivity index (χ0v) is 35.1. The molecule has 1 aromatic heterocycles. The highest BCUT2D eigenvalue weighted by Gasteiger charge is 2.48. The van der Waals surface area contributed by atoms with E-state index in [0.717, 1.165) is 114 Å². The molecule has 9 rings (SSSR count). The van der Waals surface area contributed by atoms with E-state index in [0.29, 0.717) is 33.2 Å². The normalized spacial score (nSPS) is 24.8. The van der Waals surface area contributed by atoms with Crippen LogP contribution in [0.15, 0.2) is 48.5 Å². The van der Waals surface area contributed by atoms with Crippen molar-refractivity contribution in [3.05, 3.63) is 75.9 Å². The highest BCUT2D eigenvalue weighted by Crippen LogP contribution is 2.45. The lowest BCUT2D eigenvalue weighted by Crippen LogP contribution is -2.61. The Hall–Kier alpha value is -5.59. The molecule has 1 atom stereocenters. The molecule has 4 saturated heterocycles. The summed E-state index contributed by atoms with van der Waals surface area (Å²) in [5.74, 6) is -0.732. The molecule has 0 bridgehead atoms. The molecule has 5 fully saturated rings. The molecule has 5 aliphatic heterocycles. The van der Waals surface area contributed by atoms with Gasteiger partial charge in [-0.05, 0) is 119 Å². The highest BCUT2D eigenvalue weighted by molar-refractivity contribution is 6.31. The number of aromatic nitrogens is 2. The van der Waals surface area contributed by atoms with Gasteiger partial charge in [0, 0.05) is 62.4 Å². The predicted molar refractivity (Wildman–Crippen MR) is 225 cm³/mol. The minimum Gasteiger partial charge on any atom is -0.490 e. The quantitative estimate of drug-likeness (QED) is 0.283. The van der Waals surface area contributed by atoms with Crippen LogP contribution in [0.2, 0.25) is 5.02 Å². The number of imide groups is 2. The fraction of sp³-hybridized carbons (Fsp3) is 0.511. The fourth-order valence-electron chi connectivity index (χ4n) is 10.1. The molecule has 1 saturated carbocycles. The van der Waals surface area contributed by atoms with Crippen LogP contribution in [0.25, 0.3) is 0 Å². The summed E-state index contributed by atoms with van der Waals surface area (Å²) in [7, 11) is 0. The number of rotatable bonds is 9. The van der Waals surface area contributed by atoms with Gasteiger partial charge in [-0.25, -0.2) is 0 Å². The van der Waals surface area contributed by atoms with Crippen molar-refractivity contribution in [1.29, 1.82) is 5.26 Å². The largest absolute Gasteiger partial charge is 0.490 e. The summed E-state index contributed by atoms with van der Waals surface area (Å²) < 4.78 is 6.09. The Bertz CT molecular complexity index is 2280. The third-order valence-electron chi connectivity index (χ3n) is 13.9. The van der Waals surface area contributed by atoms with E-state index in [1.54, 1.807) is 36.4 Å². The number of halogens is 1. The number of carbonyl (C=O) groups is 5. The molecular formula is C45H50ClN9O6. The Morgan fingerprint density at radius 2 is 1.62 bits per heavy atom. The average Bonchev–Trinajstić information content (AvgIpc) is 3.49. The number of nitrogens with zero attached hydrogens (tertiary/aromatic N) is 7. The molecule has 61 heavy (non-hydrogen) atoms. The maximum absolute atomic E-state index is 13.4. The van der Waals surface area contributed by atoms with E-state index in [4.69, 9.17) is 21.6 Å². The van der Waals surface area contributed by atoms with E-state index >= 15 is 0 Å². The second-order valence-electron chi connectivity index (χ2n) is 18.2. The molecule has 5 amide bonds. The minimum absolute atomic E-state index is 0.0220. The van der Waals surface area contributed by atoms with Crippen LogP contribution in [-0.4, -0.2) is 114 Å². The standard InChI is InChI=1S/C45H50ClN9O6/c1-44(14-20-53(21-15-44)38-12-10-36(50-51-38)40(57)48-29-3-7-31(8-4-29)61-32-6-2-28(24-47)35(46)23-32)25-52-18-16-45(17-19-52)26-54(27-45)30-5-9-33-34(22-30)43(60)55(42(33)59)37-11-13-39(56)49-41(37)58/h2,5-6,9-10,12,22-23,29,31,37H,3-4,7-8,11,13-21,25-27H2,1H3,(H,48,57)(H,49,56,58). The number of benzene rings is 2. The Morgan fingerprint density at radius 3 is 2.30 bits per heavy atom. The summed E-state index contributed by atoms with van der Waals surface area (Å²) in [5.41, 5.74) is 2.69. The van der Waals surface area contributed by atoms with E-state index in [1.807, 2.05) is 12.1 Å². The lowest BCUT2D eigenvalue weighted by Gasteiger charge is -2.56. The lowest BCUT2D eigenvalue weighted by atomic mass is 9.71. The molecule has 6 heterocycles. The topological polar surface area (TPSA) is 181 Å². The summed E-state index contributed by atoms with van der Waals surface area (Å²) in [6, 6.07) is 15.3. The lowest BCUT2D eigenvalue weighted by molar-refractivity contribution is -0.136. The number of carbonyl (C=O) groups excluding carboxylic acids is 5. The molecule has 15 nitrogen and oxygen atoms in total.